The van der Waals surface area contributed by atoms with Gasteiger partial charge in [0, 0.05) is 13.6 Å². The van der Waals surface area contributed by atoms with Crippen LogP contribution in [0.3, 0.4) is 0 Å². The highest BCUT2D eigenvalue weighted by Gasteiger charge is 2.22. The molecule has 1 rings (SSSR count). The fraction of sp³-hybridized carbons (Fsp3) is 0.471. The molecule has 0 N–H and O–H groups in total. The summed E-state index contributed by atoms with van der Waals surface area (Å²) < 4.78 is 10.7. The number of amides is 1. The first kappa shape index (κ1) is 18.5. The van der Waals surface area contributed by atoms with Crippen LogP contribution in [0.4, 0.5) is 0 Å². The Bertz CT molecular complexity index is 575. The molecule has 0 fully saturated rings. The second-order valence-electron chi connectivity index (χ2n) is 5.41. The van der Waals surface area contributed by atoms with E-state index in [1.807, 2.05) is 19.9 Å². The predicted molar refractivity (Wildman–Crippen MR) is 85.0 cm³/mol. The van der Waals surface area contributed by atoms with Gasteiger partial charge in [-0.2, -0.15) is 5.26 Å². The van der Waals surface area contributed by atoms with Crippen molar-refractivity contribution in [2.24, 2.45) is 0 Å². The van der Waals surface area contributed by atoms with Crippen LogP contribution in [0.25, 0.3) is 0 Å². The Morgan fingerprint density at radius 1 is 1.22 bits per heavy atom. The average molecular weight is 318 g/mol. The summed E-state index contributed by atoms with van der Waals surface area (Å²) in [5.74, 6) is -0.249. The van der Waals surface area contributed by atoms with E-state index in [1.54, 1.807) is 31.3 Å². The lowest BCUT2D eigenvalue weighted by atomic mass is 10.2. The van der Waals surface area contributed by atoms with Gasteiger partial charge in [-0.15, -0.1) is 0 Å². The van der Waals surface area contributed by atoms with Crippen molar-refractivity contribution in [3.63, 3.8) is 0 Å². The molecule has 0 heterocycles. The molecule has 23 heavy (non-hydrogen) atoms. The third-order valence-corrected chi connectivity index (χ3v) is 3.03. The van der Waals surface area contributed by atoms with E-state index < -0.39 is 12.1 Å². The van der Waals surface area contributed by atoms with Crippen molar-refractivity contribution in [2.45, 2.75) is 39.4 Å². The molecule has 1 atom stereocenters. The van der Waals surface area contributed by atoms with Crippen LogP contribution in [0, 0.1) is 11.3 Å². The molecule has 1 amide bonds. The molecule has 0 saturated heterocycles. The van der Waals surface area contributed by atoms with Gasteiger partial charge >= 0.3 is 5.97 Å². The van der Waals surface area contributed by atoms with Gasteiger partial charge in [0.25, 0.3) is 5.91 Å². The van der Waals surface area contributed by atoms with Crippen LogP contribution >= 0.6 is 0 Å². The van der Waals surface area contributed by atoms with Gasteiger partial charge in [-0.25, -0.2) is 4.79 Å². The zero-order chi connectivity index (χ0) is 17.4. The Morgan fingerprint density at radius 2 is 1.83 bits per heavy atom. The average Bonchev–Trinajstić information content (AvgIpc) is 2.51. The maximum atomic E-state index is 12.0. The van der Waals surface area contributed by atoms with Crippen LogP contribution in [0.1, 0.15) is 37.6 Å². The summed E-state index contributed by atoms with van der Waals surface area (Å²) in [5.41, 5.74) is 0.348. The fourth-order valence-electron chi connectivity index (χ4n) is 1.86. The number of rotatable bonds is 7. The first-order chi connectivity index (χ1) is 10.8. The molecule has 0 radical (unpaired) electrons. The van der Waals surface area contributed by atoms with Crippen LogP contribution in [0.5, 0.6) is 5.75 Å². The summed E-state index contributed by atoms with van der Waals surface area (Å²) >= 11 is 0. The van der Waals surface area contributed by atoms with E-state index in [9.17, 15) is 9.59 Å². The quantitative estimate of drug-likeness (QED) is 0.721. The molecule has 1 aromatic carbocycles. The number of ether oxygens (including phenoxy) is 2. The minimum atomic E-state index is -0.905. The first-order valence-corrected chi connectivity index (χ1v) is 7.44. The van der Waals surface area contributed by atoms with Gasteiger partial charge in [-0.3, -0.25) is 4.79 Å². The lowest BCUT2D eigenvalue weighted by Crippen LogP contribution is -2.37. The highest BCUT2D eigenvalue weighted by molar-refractivity contribution is 5.92. The Kier molecular flexibility index (Phi) is 7.07. The minimum Gasteiger partial charge on any atom is -0.491 e. The largest absolute Gasteiger partial charge is 0.491 e. The van der Waals surface area contributed by atoms with E-state index in [1.165, 1.54) is 11.8 Å². The summed E-state index contributed by atoms with van der Waals surface area (Å²) in [7, 11) is 1.57. The fourth-order valence-corrected chi connectivity index (χ4v) is 1.86. The van der Waals surface area contributed by atoms with Crippen molar-refractivity contribution < 1.29 is 19.1 Å². The Labute approximate surface area is 136 Å². The predicted octanol–water partition coefficient (Wildman–Crippen LogP) is 2.39. The maximum Gasteiger partial charge on any atom is 0.338 e. The monoisotopic (exact) mass is 318 g/mol. The molecule has 0 unspecified atom stereocenters. The van der Waals surface area contributed by atoms with Crippen LogP contribution in [-0.2, 0) is 9.53 Å². The standard InChI is InChI=1S/C17H22N2O4/c1-12(2)22-15-8-6-14(7-9-15)17(21)23-13(3)16(20)19(4)11-5-10-18/h6-9,12-13H,5,11H2,1-4H3/t13-/m0/s1. The third-order valence-electron chi connectivity index (χ3n) is 3.03. The van der Waals surface area contributed by atoms with Gasteiger partial charge in [0.05, 0.1) is 24.2 Å². The van der Waals surface area contributed by atoms with Crippen molar-refractivity contribution in [2.75, 3.05) is 13.6 Å². The first-order valence-electron chi connectivity index (χ1n) is 7.44. The molecule has 0 aliphatic carbocycles. The number of nitriles is 1. The van der Waals surface area contributed by atoms with Crippen molar-refractivity contribution in [1.29, 1.82) is 5.26 Å². The summed E-state index contributed by atoms with van der Waals surface area (Å²) in [6.45, 7) is 5.65. The highest BCUT2D eigenvalue weighted by atomic mass is 16.5. The van der Waals surface area contributed by atoms with Crippen LogP contribution in [0.2, 0.25) is 0 Å². The van der Waals surface area contributed by atoms with Gasteiger partial charge in [0.2, 0.25) is 0 Å². The van der Waals surface area contributed by atoms with Gasteiger partial charge in [0.15, 0.2) is 6.10 Å². The number of likely N-dealkylation sites (N-methyl/N-ethyl adjacent to an activating group) is 1. The molecule has 0 saturated carbocycles. The molecule has 0 aliphatic rings. The molecular weight excluding hydrogens is 296 g/mol. The molecule has 6 nitrogen and oxygen atoms in total. The van der Waals surface area contributed by atoms with Gasteiger partial charge in [-0.05, 0) is 45.0 Å². The number of nitrogens with zero attached hydrogens (tertiary/aromatic N) is 2. The SMILES string of the molecule is CC(C)Oc1ccc(C(=O)O[C@@H](C)C(=O)N(C)CCC#N)cc1. The smallest absolute Gasteiger partial charge is 0.338 e. The summed E-state index contributed by atoms with van der Waals surface area (Å²) in [4.78, 5) is 25.4. The normalized spacial score (nSPS) is 11.5. The maximum absolute atomic E-state index is 12.0. The van der Waals surface area contributed by atoms with E-state index in [-0.39, 0.29) is 18.4 Å². The minimum absolute atomic E-state index is 0.0504. The second-order valence-corrected chi connectivity index (χ2v) is 5.41. The van der Waals surface area contributed by atoms with Crippen molar-refractivity contribution in [3.8, 4) is 11.8 Å². The zero-order valence-electron chi connectivity index (χ0n) is 13.9. The van der Waals surface area contributed by atoms with Gasteiger partial charge in [-0.1, -0.05) is 0 Å². The number of esters is 1. The lowest BCUT2D eigenvalue weighted by molar-refractivity contribution is -0.138. The van der Waals surface area contributed by atoms with E-state index in [0.29, 0.717) is 17.9 Å². The lowest BCUT2D eigenvalue weighted by Gasteiger charge is -2.20. The molecule has 0 bridgehead atoms. The highest BCUT2D eigenvalue weighted by Crippen LogP contribution is 2.15. The van der Waals surface area contributed by atoms with Crippen LogP contribution < -0.4 is 4.74 Å². The molecule has 6 heteroatoms. The molecule has 0 aromatic heterocycles. The van der Waals surface area contributed by atoms with Gasteiger partial charge < -0.3 is 14.4 Å². The number of hydrogen-bond acceptors (Lipinski definition) is 5. The summed E-state index contributed by atoms with van der Waals surface area (Å²) in [6.07, 6.45) is -0.618. The number of carbonyl (C=O) groups excluding carboxylic acids is 2. The summed E-state index contributed by atoms with van der Waals surface area (Å²) in [6, 6.07) is 8.52. The molecule has 0 aliphatic heterocycles. The second kappa shape index (κ2) is 8.79. The van der Waals surface area contributed by atoms with Gasteiger partial charge in [0.1, 0.15) is 5.75 Å². The van der Waals surface area contributed by atoms with Crippen molar-refractivity contribution in [1.82, 2.24) is 4.90 Å². The number of carbonyl (C=O) groups is 2. The summed E-state index contributed by atoms with van der Waals surface area (Å²) in [5, 5.41) is 8.52. The molecule has 1 aromatic rings. The Balaban J connectivity index is 2.61. The van der Waals surface area contributed by atoms with E-state index >= 15 is 0 Å². The third kappa shape index (κ3) is 5.99. The van der Waals surface area contributed by atoms with Crippen molar-refractivity contribution in [3.05, 3.63) is 29.8 Å². The molecule has 0 spiro atoms. The topological polar surface area (TPSA) is 79.6 Å². The van der Waals surface area contributed by atoms with E-state index in [2.05, 4.69) is 0 Å². The van der Waals surface area contributed by atoms with E-state index in [0.717, 1.165) is 0 Å². The van der Waals surface area contributed by atoms with Crippen LogP contribution in [-0.4, -0.2) is 42.6 Å². The van der Waals surface area contributed by atoms with E-state index in [4.69, 9.17) is 14.7 Å². The zero-order valence-corrected chi connectivity index (χ0v) is 13.9. The molecule has 124 valence electrons. The number of benzene rings is 1. The Morgan fingerprint density at radius 3 is 2.35 bits per heavy atom. The van der Waals surface area contributed by atoms with Crippen molar-refractivity contribution >= 4 is 11.9 Å². The molecular formula is C17H22N2O4. The number of hydrogen-bond donors (Lipinski definition) is 0. The Hall–Kier alpha value is -2.55. The van der Waals surface area contributed by atoms with Crippen LogP contribution in [0.15, 0.2) is 24.3 Å².